The summed E-state index contributed by atoms with van der Waals surface area (Å²) < 4.78 is 0. The molecule has 4 aromatic carbocycles. The normalized spacial score (nSPS) is 10.4. The number of hydrogen-bond acceptors (Lipinski definition) is 2. The van der Waals surface area contributed by atoms with Crippen molar-refractivity contribution in [2.24, 2.45) is 4.99 Å². The maximum atomic E-state index is 9.69. The molecule has 4 aromatic rings. The Kier molecular flexibility index (Phi) is 10.4. The van der Waals surface area contributed by atoms with E-state index in [9.17, 15) is 5.11 Å². The molecule has 2 nitrogen and oxygen atoms in total. The Balaban J connectivity index is 0.000000241. The fourth-order valence-corrected chi connectivity index (χ4v) is 2.95. The Morgan fingerprint density at radius 2 is 1.58 bits per heavy atom. The summed E-state index contributed by atoms with van der Waals surface area (Å²) in [6, 6.07) is 30.9. The first-order valence-corrected chi connectivity index (χ1v) is 12.2. The van der Waals surface area contributed by atoms with E-state index in [1.54, 1.807) is 24.4 Å². The van der Waals surface area contributed by atoms with Crippen LogP contribution in [-0.2, 0) is 17.3 Å². The number of fused-ring (bicyclic) bond motifs is 1. The van der Waals surface area contributed by atoms with Gasteiger partial charge in [-0.15, -0.1) is 0 Å². The number of halogens is 1. The average molecular weight is 517 g/mol. The molecule has 4 heteroatoms. The summed E-state index contributed by atoms with van der Waals surface area (Å²) in [6.45, 7) is 6.45. The summed E-state index contributed by atoms with van der Waals surface area (Å²) >= 11 is 1.82. The molecule has 0 bridgehead atoms. The summed E-state index contributed by atoms with van der Waals surface area (Å²) in [5, 5.41) is 12.0. The molecule has 0 amide bonds. The van der Waals surface area contributed by atoms with Gasteiger partial charge < -0.3 is 5.11 Å². The van der Waals surface area contributed by atoms with Crippen molar-refractivity contribution in [3.05, 3.63) is 108 Å². The van der Waals surface area contributed by atoms with Gasteiger partial charge in [0.25, 0.3) is 0 Å². The van der Waals surface area contributed by atoms with Crippen LogP contribution in [0.1, 0.15) is 36.5 Å². The first-order valence-electron chi connectivity index (χ1n) is 9.96. The molecule has 0 aliphatic heterocycles. The van der Waals surface area contributed by atoms with Crippen molar-refractivity contribution in [2.45, 2.75) is 26.7 Å². The summed E-state index contributed by atoms with van der Waals surface area (Å²) in [6.07, 6.45) is 1.79. The van der Waals surface area contributed by atoms with E-state index in [1.807, 2.05) is 47.6 Å². The Morgan fingerprint density at radius 1 is 0.903 bits per heavy atom. The first kappa shape index (κ1) is 24.8. The van der Waals surface area contributed by atoms with Gasteiger partial charge >= 0.3 is 27.0 Å². The van der Waals surface area contributed by atoms with Crippen LogP contribution in [0.4, 0.5) is 5.69 Å². The van der Waals surface area contributed by atoms with Gasteiger partial charge in [0.15, 0.2) is 0 Å². The Labute approximate surface area is 199 Å². The molecule has 0 aliphatic carbocycles. The molecule has 0 spiro atoms. The number of phenolic OH excluding ortho intramolecular Hbond substituents is 1. The molecule has 0 aliphatic rings. The van der Waals surface area contributed by atoms with Crippen LogP contribution >= 0.6 is 9.69 Å². The van der Waals surface area contributed by atoms with Gasteiger partial charge in [0.1, 0.15) is 11.4 Å². The number of nitrogens with zero attached hydrogens (tertiary/aromatic N) is 1. The Bertz CT molecular complexity index is 1100. The number of rotatable bonds is 3. The third-order valence-electron chi connectivity index (χ3n) is 4.71. The average Bonchev–Trinajstić information content (AvgIpc) is 2.80. The van der Waals surface area contributed by atoms with Crippen LogP contribution in [0.15, 0.2) is 89.9 Å². The van der Waals surface area contributed by atoms with Crippen LogP contribution in [0.3, 0.4) is 0 Å². The first-order chi connectivity index (χ1) is 15.0. The summed E-state index contributed by atoms with van der Waals surface area (Å²) in [7, 11) is 4.57. The molecule has 0 fully saturated rings. The molecule has 0 heterocycles. The third kappa shape index (κ3) is 7.62. The maximum absolute atomic E-state index is 9.69. The van der Waals surface area contributed by atoms with Gasteiger partial charge in [0.2, 0.25) is 0 Å². The minimum atomic E-state index is 0.194. The molecular formula is C27H26ClNORu. The van der Waals surface area contributed by atoms with Gasteiger partial charge in [-0.25, -0.2) is 0 Å². The number of hydrogen-bond donors (Lipinski definition) is 1. The Morgan fingerprint density at radius 3 is 2.26 bits per heavy atom. The van der Waals surface area contributed by atoms with Crippen LogP contribution in [-0.4, -0.2) is 11.3 Å². The molecule has 4 rings (SSSR count). The summed E-state index contributed by atoms with van der Waals surface area (Å²) in [5.74, 6) is 0.816. The van der Waals surface area contributed by atoms with E-state index in [2.05, 4.69) is 77.9 Å². The van der Waals surface area contributed by atoms with Gasteiger partial charge in [-0.3, -0.25) is 4.99 Å². The van der Waals surface area contributed by atoms with Gasteiger partial charge in [-0.05, 0) is 22.9 Å². The number of para-hydroxylation sites is 2. The molecule has 0 saturated carbocycles. The number of aryl methyl sites for hydroxylation is 1. The van der Waals surface area contributed by atoms with Crippen molar-refractivity contribution in [1.29, 1.82) is 0 Å². The second kappa shape index (κ2) is 13.0. The molecule has 0 radical (unpaired) electrons. The quantitative estimate of drug-likeness (QED) is 0.167. The van der Waals surface area contributed by atoms with E-state index < -0.39 is 0 Å². The van der Waals surface area contributed by atoms with E-state index in [-0.39, 0.29) is 5.75 Å². The van der Waals surface area contributed by atoms with E-state index >= 15 is 0 Å². The van der Waals surface area contributed by atoms with Crippen LogP contribution in [0.5, 0.6) is 5.75 Å². The molecular weight excluding hydrogens is 491 g/mol. The van der Waals surface area contributed by atoms with Crippen molar-refractivity contribution in [1.82, 2.24) is 0 Å². The van der Waals surface area contributed by atoms with Crippen LogP contribution < -0.4 is 0 Å². The summed E-state index contributed by atoms with van der Waals surface area (Å²) in [4.78, 5) is 4.35. The van der Waals surface area contributed by atoms with Crippen LogP contribution in [0.25, 0.3) is 10.8 Å². The van der Waals surface area contributed by atoms with E-state index in [0.717, 1.165) is 10.9 Å². The predicted molar refractivity (Wildman–Crippen MR) is 129 cm³/mol. The molecule has 0 unspecified atom stereocenters. The van der Waals surface area contributed by atoms with Crippen molar-refractivity contribution in [2.75, 3.05) is 0 Å². The number of aromatic hydroxyl groups is 1. The van der Waals surface area contributed by atoms with Gasteiger partial charge in [-0.2, -0.15) is 35.4 Å². The Hall–Kier alpha value is -2.48. The zero-order valence-electron chi connectivity index (χ0n) is 17.9. The summed E-state index contributed by atoms with van der Waals surface area (Å²) in [5.41, 5.74) is 4.20. The number of benzene rings is 4. The number of phenols is 1. The molecule has 0 aromatic heterocycles. The van der Waals surface area contributed by atoms with Crippen molar-refractivity contribution in [3.8, 4) is 5.75 Å². The molecule has 0 saturated heterocycles. The van der Waals surface area contributed by atoms with Crippen molar-refractivity contribution >= 4 is 32.4 Å². The van der Waals surface area contributed by atoms with Crippen LogP contribution in [0, 0.1) is 13.0 Å². The fraction of sp³-hybridized carbons (Fsp3) is 0.148. The van der Waals surface area contributed by atoms with Gasteiger partial charge in [0.05, 0.1) is 0 Å². The zero-order chi connectivity index (χ0) is 22.6. The SMILES string of the molecule is Cc1[c-]cc(C(C)C)cc1.Oc1ccccc1N=Cc1cccc2ccccc12.[Cl][Ru+]. The monoisotopic (exact) mass is 517 g/mol. The second-order valence-corrected chi connectivity index (χ2v) is 7.28. The molecule has 0 atom stereocenters. The van der Waals surface area contributed by atoms with Gasteiger partial charge in [0, 0.05) is 11.8 Å². The molecule has 31 heavy (non-hydrogen) atoms. The molecule has 160 valence electrons. The molecule has 1 N–H and O–H groups in total. The fourth-order valence-electron chi connectivity index (χ4n) is 2.95. The van der Waals surface area contributed by atoms with E-state index in [1.165, 1.54) is 16.5 Å². The topological polar surface area (TPSA) is 32.6 Å². The van der Waals surface area contributed by atoms with Gasteiger partial charge in [-0.1, -0.05) is 81.3 Å². The second-order valence-electron chi connectivity index (χ2n) is 7.28. The standard InChI is InChI=1S/C17H13NO.C10H13.ClH.Ru/c19-17-11-4-3-10-16(17)18-12-14-8-5-7-13-6-1-2-9-15(13)14;1-8(2)10-6-4-9(3)5-7-10;;/h1-12,19H;4,6-8H,1-3H3;1H;/q;-1;;+2/p-1. The van der Waals surface area contributed by atoms with E-state index in [0.29, 0.717) is 11.6 Å². The van der Waals surface area contributed by atoms with E-state index in [4.69, 9.17) is 0 Å². The number of aliphatic imine (C=N–C) groups is 1. The third-order valence-corrected chi connectivity index (χ3v) is 4.71. The van der Waals surface area contributed by atoms with Crippen LogP contribution in [0.2, 0.25) is 0 Å². The minimum absolute atomic E-state index is 0.194. The van der Waals surface area contributed by atoms with Crippen molar-refractivity contribution in [3.63, 3.8) is 0 Å². The predicted octanol–water partition coefficient (Wildman–Crippen LogP) is 7.90. The zero-order valence-corrected chi connectivity index (χ0v) is 20.4. The van der Waals surface area contributed by atoms with Crippen molar-refractivity contribution < 1.29 is 22.4 Å².